The van der Waals surface area contributed by atoms with Crippen molar-refractivity contribution >= 4 is 5.78 Å². The molecule has 0 fully saturated rings. The normalized spacial score (nSPS) is 10.2. The van der Waals surface area contributed by atoms with Crippen LogP contribution in [0.25, 0.3) is 0 Å². The first-order valence-electron chi connectivity index (χ1n) is 5.30. The van der Waals surface area contributed by atoms with E-state index in [1.165, 1.54) is 43.3 Å². The van der Waals surface area contributed by atoms with Gasteiger partial charge in [-0.05, 0) is 43.3 Å². The molecule has 0 saturated carbocycles. The lowest BCUT2D eigenvalue weighted by Crippen LogP contribution is -1.97. The van der Waals surface area contributed by atoms with Crippen molar-refractivity contribution in [2.45, 2.75) is 6.92 Å². The van der Waals surface area contributed by atoms with Gasteiger partial charge in [-0.25, -0.2) is 8.78 Å². The summed E-state index contributed by atoms with van der Waals surface area (Å²) in [7, 11) is 0. The number of hydrogen-bond donors (Lipinski definition) is 0. The Morgan fingerprint density at radius 2 is 1.61 bits per heavy atom. The molecule has 0 aliphatic carbocycles. The molecule has 0 spiro atoms. The van der Waals surface area contributed by atoms with Crippen LogP contribution < -0.4 is 4.74 Å². The summed E-state index contributed by atoms with van der Waals surface area (Å²) in [6.45, 7) is 1.29. The van der Waals surface area contributed by atoms with Crippen LogP contribution in [0.2, 0.25) is 0 Å². The van der Waals surface area contributed by atoms with Gasteiger partial charge in [-0.2, -0.15) is 0 Å². The monoisotopic (exact) mass is 248 g/mol. The quantitative estimate of drug-likeness (QED) is 0.768. The second-order valence-electron chi connectivity index (χ2n) is 3.75. The predicted octanol–water partition coefficient (Wildman–Crippen LogP) is 3.96. The zero-order chi connectivity index (χ0) is 13.1. The minimum atomic E-state index is -0.637. The van der Waals surface area contributed by atoms with Gasteiger partial charge >= 0.3 is 0 Å². The molecule has 0 unspecified atom stereocenters. The summed E-state index contributed by atoms with van der Waals surface area (Å²) in [5.74, 6) is -0.709. The summed E-state index contributed by atoms with van der Waals surface area (Å²) in [6, 6.07) is 9.34. The van der Waals surface area contributed by atoms with Gasteiger partial charge in [0.15, 0.2) is 5.78 Å². The molecule has 92 valence electrons. The molecule has 2 rings (SSSR count). The summed E-state index contributed by atoms with van der Waals surface area (Å²) in [5.41, 5.74) is 0.0152. The Morgan fingerprint density at radius 1 is 1.00 bits per heavy atom. The summed E-state index contributed by atoms with van der Waals surface area (Å²) in [6.07, 6.45) is 0. The molecule has 0 aromatic heterocycles. The molecule has 0 N–H and O–H groups in total. The number of carbonyl (C=O) groups is 1. The third-order valence-corrected chi connectivity index (χ3v) is 2.37. The number of ether oxygens (including phenoxy) is 1. The Kier molecular flexibility index (Phi) is 3.37. The van der Waals surface area contributed by atoms with Crippen molar-refractivity contribution in [1.29, 1.82) is 0 Å². The van der Waals surface area contributed by atoms with E-state index >= 15 is 0 Å². The third kappa shape index (κ3) is 2.71. The summed E-state index contributed by atoms with van der Waals surface area (Å²) in [4.78, 5) is 11.1. The van der Waals surface area contributed by atoms with Gasteiger partial charge in [-0.3, -0.25) is 4.79 Å². The highest BCUT2D eigenvalue weighted by Gasteiger charge is 2.08. The van der Waals surface area contributed by atoms with E-state index in [2.05, 4.69) is 0 Å². The van der Waals surface area contributed by atoms with Crippen LogP contribution in [0.3, 0.4) is 0 Å². The molecular weight excluding hydrogens is 238 g/mol. The Hall–Kier alpha value is -2.23. The van der Waals surface area contributed by atoms with Crippen LogP contribution in [0, 0.1) is 11.6 Å². The molecule has 2 aromatic carbocycles. The molecule has 0 heterocycles. The number of hydrogen-bond acceptors (Lipinski definition) is 2. The molecule has 18 heavy (non-hydrogen) atoms. The van der Waals surface area contributed by atoms with Gasteiger partial charge in [-0.15, -0.1) is 0 Å². The summed E-state index contributed by atoms with van der Waals surface area (Å²) < 4.78 is 31.5. The van der Waals surface area contributed by atoms with E-state index in [9.17, 15) is 13.6 Å². The summed E-state index contributed by atoms with van der Waals surface area (Å²) >= 11 is 0. The minimum Gasteiger partial charge on any atom is -0.457 e. The van der Waals surface area contributed by atoms with Crippen LogP contribution in [-0.4, -0.2) is 5.78 Å². The van der Waals surface area contributed by atoms with Crippen molar-refractivity contribution in [3.8, 4) is 11.5 Å². The lowest BCUT2D eigenvalue weighted by Gasteiger charge is -2.06. The van der Waals surface area contributed by atoms with Gasteiger partial charge in [-0.1, -0.05) is 0 Å². The fourth-order valence-corrected chi connectivity index (χ4v) is 1.48. The Balaban J connectivity index is 2.22. The summed E-state index contributed by atoms with van der Waals surface area (Å²) in [5, 5.41) is 0. The maximum atomic E-state index is 13.5. The zero-order valence-electron chi connectivity index (χ0n) is 9.61. The zero-order valence-corrected chi connectivity index (χ0v) is 9.61. The molecule has 0 aliphatic rings. The standard InChI is InChI=1S/C14H10F2O2/c1-9(17)13-7-6-12(8-14(13)16)18-11-4-2-10(15)3-5-11/h2-8H,1H3. The van der Waals surface area contributed by atoms with E-state index < -0.39 is 5.82 Å². The molecular formula is C14H10F2O2. The van der Waals surface area contributed by atoms with Gasteiger partial charge in [0, 0.05) is 6.07 Å². The maximum absolute atomic E-state index is 13.5. The molecule has 0 bridgehead atoms. The molecule has 0 amide bonds. The van der Waals surface area contributed by atoms with Gasteiger partial charge in [0.1, 0.15) is 23.1 Å². The van der Waals surface area contributed by atoms with E-state index in [0.717, 1.165) is 6.07 Å². The average Bonchev–Trinajstić information content (AvgIpc) is 2.32. The van der Waals surface area contributed by atoms with Gasteiger partial charge in [0.25, 0.3) is 0 Å². The van der Waals surface area contributed by atoms with E-state index in [0.29, 0.717) is 5.75 Å². The Labute approximate surface area is 103 Å². The molecule has 0 saturated heterocycles. The first-order valence-corrected chi connectivity index (χ1v) is 5.30. The molecule has 0 radical (unpaired) electrons. The van der Waals surface area contributed by atoms with Gasteiger partial charge < -0.3 is 4.74 Å². The van der Waals surface area contributed by atoms with Crippen LogP contribution in [0.15, 0.2) is 42.5 Å². The van der Waals surface area contributed by atoms with Gasteiger partial charge in [0.2, 0.25) is 0 Å². The second kappa shape index (κ2) is 4.96. The highest BCUT2D eigenvalue weighted by Crippen LogP contribution is 2.23. The Morgan fingerprint density at radius 3 is 2.17 bits per heavy atom. The first-order chi connectivity index (χ1) is 8.56. The average molecular weight is 248 g/mol. The van der Waals surface area contributed by atoms with Crippen LogP contribution in [0.4, 0.5) is 8.78 Å². The van der Waals surface area contributed by atoms with E-state index in [1.807, 2.05) is 0 Å². The highest BCUT2D eigenvalue weighted by atomic mass is 19.1. The molecule has 0 atom stereocenters. The van der Waals surface area contributed by atoms with Crippen LogP contribution in [0.5, 0.6) is 11.5 Å². The van der Waals surface area contributed by atoms with Crippen LogP contribution in [0.1, 0.15) is 17.3 Å². The van der Waals surface area contributed by atoms with Crippen molar-refractivity contribution in [3.63, 3.8) is 0 Å². The van der Waals surface area contributed by atoms with Crippen molar-refractivity contribution in [2.24, 2.45) is 0 Å². The SMILES string of the molecule is CC(=O)c1ccc(Oc2ccc(F)cc2)cc1F. The smallest absolute Gasteiger partial charge is 0.162 e. The van der Waals surface area contributed by atoms with E-state index in [-0.39, 0.29) is 22.9 Å². The number of ketones is 1. The number of Topliss-reactive ketones (excluding diaryl/α,β-unsaturated/α-hetero) is 1. The predicted molar refractivity (Wildman–Crippen MR) is 62.9 cm³/mol. The maximum Gasteiger partial charge on any atom is 0.162 e. The molecule has 2 nitrogen and oxygen atoms in total. The van der Waals surface area contributed by atoms with Crippen molar-refractivity contribution in [1.82, 2.24) is 0 Å². The fraction of sp³-hybridized carbons (Fsp3) is 0.0714. The number of benzene rings is 2. The first kappa shape index (κ1) is 12.2. The third-order valence-electron chi connectivity index (χ3n) is 2.37. The van der Waals surface area contributed by atoms with Crippen LogP contribution >= 0.6 is 0 Å². The molecule has 2 aromatic rings. The largest absolute Gasteiger partial charge is 0.457 e. The lowest BCUT2D eigenvalue weighted by atomic mass is 10.1. The number of carbonyl (C=O) groups excluding carboxylic acids is 1. The van der Waals surface area contributed by atoms with Crippen molar-refractivity contribution in [2.75, 3.05) is 0 Å². The highest BCUT2D eigenvalue weighted by molar-refractivity contribution is 5.94. The van der Waals surface area contributed by atoms with E-state index in [1.54, 1.807) is 0 Å². The minimum absolute atomic E-state index is 0.0152. The topological polar surface area (TPSA) is 26.3 Å². The fourth-order valence-electron chi connectivity index (χ4n) is 1.48. The van der Waals surface area contributed by atoms with Crippen molar-refractivity contribution < 1.29 is 18.3 Å². The number of halogens is 2. The van der Waals surface area contributed by atoms with E-state index in [4.69, 9.17) is 4.74 Å². The molecule has 4 heteroatoms. The lowest BCUT2D eigenvalue weighted by molar-refractivity contribution is 0.101. The molecule has 0 aliphatic heterocycles. The van der Waals surface area contributed by atoms with Crippen molar-refractivity contribution in [3.05, 3.63) is 59.7 Å². The number of rotatable bonds is 3. The van der Waals surface area contributed by atoms with Crippen LogP contribution in [-0.2, 0) is 0 Å². The van der Waals surface area contributed by atoms with Gasteiger partial charge in [0.05, 0.1) is 5.56 Å². The second-order valence-corrected chi connectivity index (χ2v) is 3.75. The Bertz CT molecular complexity index is 577.